The van der Waals surface area contributed by atoms with E-state index >= 15 is 0 Å². The lowest BCUT2D eigenvalue weighted by molar-refractivity contribution is 0.0529. The van der Waals surface area contributed by atoms with Gasteiger partial charge >= 0.3 is 0 Å². The van der Waals surface area contributed by atoms with Gasteiger partial charge in [-0.2, -0.15) is 0 Å². The number of guanidine groups is 1. The van der Waals surface area contributed by atoms with Gasteiger partial charge in [-0.25, -0.2) is 4.98 Å². The molecule has 27 heavy (non-hydrogen) atoms. The summed E-state index contributed by atoms with van der Waals surface area (Å²) in [5.41, 5.74) is 1.15. The fourth-order valence-electron chi connectivity index (χ4n) is 3.90. The lowest BCUT2D eigenvalue weighted by atomic mass is 10.2. The molecule has 7 heteroatoms. The quantitative estimate of drug-likeness (QED) is 0.581. The Morgan fingerprint density at radius 3 is 2.93 bits per heavy atom. The maximum atomic E-state index is 5.60. The van der Waals surface area contributed by atoms with E-state index in [1.807, 2.05) is 13.2 Å². The van der Waals surface area contributed by atoms with Crippen molar-refractivity contribution in [3.8, 4) is 0 Å². The van der Waals surface area contributed by atoms with Crippen molar-refractivity contribution in [2.45, 2.75) is 45.4 Å². The molecule has 0 radical (unpaired) electrons. The number of hydrogen-bond acceptors (Lipinski definition) is 5. The van der Waals surface area contributed by atoms with Gasteiger partial charge in [-0.3, -0.25) is 9.89 Å². The highest BCUT2D eigenvalue weighted by molar-refractivity contribution is 5.79. The largest absolute Gasteiger partial charge is 0.375 e. The Morgan fingerprint density at radius 1 is 1.33 bits per heavy atom. The second-order valence-corrected chi connectivity index (χ2v) is 7.38. The van der Waals surface area contributed by atoms with Crippen molar-refractivity contribution >= 4 is 11.8 Å². The number of hydrogen-bond donors (Lipinski definition) is 2. The van der Waals surface area contributed by atoms with Crippen molar-refractivity contribution in [3.63, 3.8) is 0 Å². The van der Waals surface area contributed by atoms with Gasteiger partial charge in [0.05, 0.1) is 12.7 Å². The fourth-order valence-corrected chi connectivity index (χ4v) is 3.90. The number of pyridine rings is 1. The Kier molecular flexibility index (Phi) is 7.29. The molecule has 2 atom stereocenters. The summed E-state index contributed by atoms with van der Waals surface area (Å²) in [6.07, 6.45) is 4.78. The summed E-state index contributed by atoms with van der Waals surface area (Å²) in [4.78, 5) is 13.8. The summed E-state index contributed by atoms with van der Waals surface area (Å²) >= 11 is 0. The number of aromatic nitrogens is 1. The Labute approximate surface area is 163 Å². The first-order valence-corrected chi connectivity index (χ1v) is 10.2. The lowest BCUT2D eigenvalue weighted by Gasteiger charge is -2.32. The van der Waals surface area contributed by atoms with E-state index in [1.165, 1.54) is 19.4 Å². The van der Waals surface area contributed by atoms with E-state index in [0.29, 0.717) is 12.6 Å². The third kappa shape index (κ3) is 5.56. The summed E-state index contributed by atoms with van der Waals surface area (Å²) in [7, 11) is 1.82. The molecule has 0 spiro atoms. The molecule has 3 heterocycles. The van der Waals surface area contributed by atoms with Gasteiger partial charge in [-0.15, -0.1) is 0 Å². The molecule has 2 fully saturated rings. The molecule has 2 aliphatic heterocycles. The van der Waals surface area contributed by atoms with E-state index in [4.69, 9.17) is 4.74 Å². The number of nitrogens with zero attached hydrogens (tertiary/aromatic N) is 4. The van der Waals surface area contributed by atoms with Crippen LogP contribution in [0.2, 0.25) is 0 Å². The second-order valence-electron chi connectivity index (χ2n) is 7.38. The number of ether oxygens (including phenoxy) is 1. The minimum absolute atomic E-state index is 0.264. The van der Waals surface area contributed by atoms with E-state index in [0.717, 1.165) is 50.1 Å². The zero-order valence-corrected chi connectivity index (χ0v) is 16.9. The van der Waals surface area contributed by atoms with E-state index in [9.17, 15) is 0 Å². The molecule has 2 saturated heterocycles. The molecule has 1 aromatic rings. The SMILES string of the molecule is CCN1CCCC1CNC(=NC)NCc1ccc(N2CCOC(C)C2)nc1. The molecule has 1 aromatic heterocycles. The topological polar surface area (TPSA) is 65.0 Å². The van der Waals surface area contributed by atoms with Gasteiger partial charge in [-0.1, -0.05) is 13.0 Å². The molecule has 0 bridgehead atoms. The summed E-state index contributed by atoms with van der Waals surface area (Å²) < 4.78 is 5.60. The molecule has 0 aromatic carbocycles. The van der Waals surface area contributed by atoms with Gasteiger partial charge in [0.2, 0.25) is 0 Å². The number of morpholine rings is 1. The number of anilines is 1. The summed E-state index contributed by atoms with van der Waals surface area (Å²) in [5, 5.41) is 6.86. The molecular formula is C20H34N6O. The number of rotatable bonds is 6. The Morgan fingerprint density at radius 2 is 2.22 bits per heavy atom. The first kappa shape index (κ1) is 19.9. The van der Waals surface area contributed by atoms with Crippen LogP contribution in [0, 0.1) is 0 Å². The monoisotopic (exact) mass is 374 g/mol. The molecule has 0 aliphatic carbocycles. The molecule has 0 saturated carbocycles. The van der Waals surface area contributed by atoms with Gasteiger partial charge in [-0.05, 0) is 44.5 Å². The Hall–Kier alpha value is -1.86. The zero-order valence-electron chi connectivity index (χ0n) is 16.9. The maximum Gasteiger partial charge on any atom is 0.191 e. The zero-order chi connectivity index (χ0) is 19.1. The highest BCUT2D eigenvalue weighted by Crippen LogP contribution is 2.16. The van der Waals surface area contributed by atoms with Crippen molar-refractivity contribution in [2.24, 2.45) is 4.99 Å². The molecule has 2 aliphatic rings. The standard InChI is InChI=1S/C20H34N6O/c1-4-25-9-5-6-18(25)14-24-20(21-3)23-13-17-7-8-19(22-12-17)26-10-11-27-16(2)15-26/h7-8,12,16,18H,4-6,9-11,13-15H2,1-3H3,(H2,21,23,24). The third-order valence-corrected chi connectivity index (χ3v) is 5.47. The third-order valence-electron chi connectivity index (χ3n) is 5.47. The van der Waals surface area contributed by atoms with Crippen LogP contribution in [-0.2, 0) is 11.3 Å². The molecule has 150 valence electrons. The fraction of sp³-hybridized carbons (Fsp3) is 0.700. The van der Waals surface area contributed by atoms with Gasteiger partial charge in [0.15, 0.2) is 5.96 Å². The van der Waals surface area contributed by atoms with Crippen molar-refractivity contribution < 1.29 is 4.74 Å². The highest BCUT2D eigenvalue weighted by atomic mass is 16.5. The van der Waals surface area contributed by atoms with Gasteiger partial charge < -0.3 is 20.3 Å². The van der Waals surface area contributed by atoms with Crippen LogP contribution in [0.1, 0.15) is 32.3 Å². The average Bonchev–Trinajstić information content (AvgIpc) is 3.16. The van der Waals surface area contributed by atoms with E-state index < -0.39 is 0 Å². The first-order valence-electron chi connectivity index (χ1n) is 10.2. The Bertz CT molecular complexity index is 605. The first-order chi connectivity index (χ1) is 13.2. The minimum atomic E-state index is 0.264. The molecular weight excluding hydrogens is 340 g/mol. The highest BCUT2D eigenvalue weighted by Gasteiger charge is 2.22. The van der Waals surface area contributed by atoms with Crippen molar-refractivity contribution in [2.75, 3.05) is 51.3 Å². The summed E-state index contributed by atoms with van der Waals surface area (Å²) in [6.45, 7) is 10.9. The predicted molar refractivity (Wildman–Crippen MR) is 110 cm³/mol. The van der Waals surface area contributed by atoms with Gasteiger partial charge in [0, 0.05) is 45.5 Å². The molecule has 0 amide bonds. The van der Waals surface area contributed by atoms with Crippen LogP contribution in [0.15, 0.2) is 23.3 Å². The van der Waals surface area contributed by atoms with Crippen LogP contribution in [0.25, 0.3) is 0 Å². The van der Waals surface area contributed by atoms with Crippen molar-refractivity contribution in [1.29, 1.82) is 0 Å². The molecule has 3 rings (SSSR count). The Balaban J connectivity index is 1.45. The van der Waals surface area contributed by atoms with E-state index in [1.54, 1.807) is 0 Å². The second kappa shape index (κ2) is 9.90. The van der Waals surface area contributed by atoms with Crippen LogP contribution in [0.5, 0.6) is 0 Å². The smallest absolute Gasteiger partial charge is 0.191 e. The van der Waals surface area contributed by atoms with Crippen LogP contribution in [-0.4, -0.2) is 74.4 Å². The molecule has 2 N–H and O–H groups in total. The van der Waals surface area contributed by atoms with E-state index in [-0.39, 0.29) is 6.10 Å². The summed E-state index contributed by atoms with van der Waals surface area (Å²) in [5.74, 6) is 1.88. The number of likely N-dealkylation sites (tertiary alicyclic amines) is 1. The molecule has 2 unspecified atom stereocenters. The minimum Gasteiger partial charge on any atom is -0.375 e. The normalized spacial score (nSPS) is 24.3. The molecule has 7 nitrogen and oxygen atoms in total. The van der Waals surface area contributed by atoms with Crippen LogP contribution in [0.4, 0.5) is 5.82 Å². The van der Waals surface area contributed by atoms with Crippen LogP contribution >= 0.6 is 0 Å². The van der Waals surface area contributed by atoms with Gasteiger partial charge in [0.25, 0.3) is 0 Å². The lowest BCUT2D eigenvalue weighted by Crippen LogP contribution is -2.44. The van der Waals surface area contributed by atoms with Gasteiger partial charge in [0.1, 0.15) is 5.82 Å². The predicted octanol–water partition coefficient (Wildman–Crippen LogP) is 1.46. The number of nitrogens with one attached hydrogen (secondary N) is 2. The van der Waals surface area contributed by atoms with Crippen molar-refractivity contribution in [1.82, 2.24) is 20.5 Å². The maximum absolute atomic E-state index is 5.60. The van der Waals surface area contributed by atoms with E-state index in [2.05, 4.69) is 56.4 Å². The number of likely N-dealkylation sites (N-methyl/N-ethyl adjacent to an activating group) is 1. The van der Waals surface area contributed by atoms with Crippen LogP contribution in [0.3, 0.4) is 0 Å². The summed E-state index contributed by atoms with van der Waals surface area (Å²) in [6, 6.07) is 4.85. The average molecular weight is 375 g/mol. The van der Waals surface area contributed by atoms with Crippen LogP contribution < -0.4 is 15.5 Å². The number of aliphatic imine (C=N–C) groups is 1. The van der Waals surface area contributed by atoms with Crippen molar-refractivity contribution in [3.05, 3.63) is 23.9 Å².